The minimum atomic E-state index is -0.120. The van der Waals surface area contributed by atoms with Gasteiger partial charge in [0.15, 0.2) is 0 Å². The van der Waals surface area contributed by atoms with Crippen LogP contribution in [0.5, 0.6) is 0 Å². The summed E-state index contributed by atoms with van der Waals surface area (Å²) in [6.07, 6.45) is 4.04. The SMILES string of the molecule is NC(Cc1ccc(Cl)s1)c1ccncc1Cl. The predicted molar refractivity (Wildman–Crippen MR) is 69.2 cm³/mol. The molecule has 2 aromatic heterocycles. The Morgan fingerprint density at radius 2 is 2.12 bits per heavy atom. The van der Waals surface area contributed by atoms with Crippen LogP contribution in [0.4, 0.5) is 0 Å². The first-order valence-corrected chi connectivity index (χ1v) is 6.33. The van der Waals surface area contributed by atoms with Gasteiger partial charge >= 0.3 is 0 Å². The largest absolute Gasteiger partial charge is 0.324 e. The maximum atomic E-state index is 6.09. The van der Waals surface area contributed by atoms with Gasteiger partial charge in [0.05, 0.1) is 9.36 Å². The molecule has 0 aliphatic heterocycles. The minimum Gasteiger partial charge on any atom is -0.324 e. The first kappa shape index (κ1) is 11.9. The lowest BCUT2D eigenvalue weighted by Crippen LogP contribution is -2.13. The van der Waals surface area contributed by atoms with Gasteiger partial charge in [-0.05, 0) is 23.8 Å². The van der Waals surface area contributed by atoms with E-state index >= 15 is 0 Å². The van der Waals surface area contributed by atoms with Crippen molar-refractivity contribution in [1.82, 2.24) is 4.98 Å². The third-order valence-electron chi connectivity index (χ3n) is 2.25. The number of rotatable bonds is 3. The zero-order chi connectivity index (χ0) is 11.5. The van der Waals surface area contributed by atoms with Gasteiger partial charge in [0.1, 0.15) is 0 Å². The lowest BCUT2D eigenvalue weighted by molar-refractivity contribution is 0.729. The predicted octanol–water partition coefficient (Wildman–Crippen LogP) is 3.69. The number of aromatic nitrogens is 1. The molecule has 1 unspecified atom stereocenters. The molecule has 0 saturated carbocycles. The van der Waals surface area contributed by atoms with Crippen molar-refractivity contribution in [3.63, 3.8) is 0 Å². The fraction of sp³-hybridized carbons (Fsp3) is 0.182. The molecule has 0 amide bonds. The van der Waals surface area contributed by atoms with Gasteiger partial charge in [-0.1, -0.05) is 23.2 Å². The molecular weight excluding hydrogens is 263 g/mol. The van der Waals surface area contributed by atoms with E-state index in [9.17, 15) is 0 Å². The van der Waals surface area contributed by atoms with E-state index in [4.69, 9.17) is 28.9 Å². The molecule has 16 heavy (non-hydrogen) atoms. The molecule has 0 aliphatic rings. The highest BCUT2D eigenvalue weighted by Crippen LogP contribution is 2.27. The standard InChI is InChI=1S/C11H10Cl2N2S/c12-9-6-15-4-3-8(9)10(14)5-7-1-2-11(13)16-7/h1-4,6,10H,5,14H2. The van der Waals surface area contributed by atoms with E-state index in [1.165, 1.54) is 0 Å². The Bertz CT molecular complexity index is 484. The van der Waals surface area contributed by atoms with Crippen molar-refractivity contribution in [1.29, 1.82) is 0 Å². The van der Waals surface area contributed by atoms with Gasteiger partial charge in [0.2, 0.25) is 0 Å². The van der Waals surface area contributed by atoms with Crippen molar-refractivity contribution < 1.29 is 0 Å². The number of hydrogen-bond acceptors (Lipinski definition) is 3. The summed E-state index contributed by atoms with van der Waals surface area (Å²) in [5.41, 5.74) is 7.01. The quantitative estimate of drug-likeness (QED) is 0.926. The van der Waals surface area contributed by atoms with Gasteiger partial charge in [0.25, 0.3) is 0 Å². The van der Waals surface area contributed by atoms with Crippen LogP contribution in [0, 0.1) is 0 Å². The number of nitrogens with zero attached hydrogens (tertiary/aromatic N) is 1. The normalized spacial score (nSPS) is 12.7. The van der Waals surface area contributed by atoms with Crippen LogP contribution >= 0.6 is 34.5 Å². The Kier molecular flexibility index (Phi) is 3.82. The van der Waals surface area contributed by atoms with Crippen LogP contribution in [0.25, 0.3) is 0 Å². The van der Waals surface area contributed by atoms with Gasteiger partial charge in [0, 0.05) is 29.7 Å². The van der Waals surface area contributed by atoms with Crippen molar-refractivity contribution in [3.05, 3.63) is 50.4 Å². The first-order valence-electron chi connectivity index (χ1n) is 4.76. The van der Waals surface area contributed by atoms with E-state index in [0.29, 0.717) is 5.02 Å². The van der Waals surface area contributed by atoms with Gasteiger partial charge in [-0.15, -0.1) is 11.3 Å². The lowest BCUT2D eigenvalue weighted by atomic mass is 10.1. The van der Waals surface area contributed by atoms with Crippen molar-refractivity contribution in [2.24, 2.45) is 5.73 Å². The van der Waals surface area contributed by atoms with Crippen LogP contribution in [-0.4, -0.2) is 4.98 Å². The summed E-state index contributed by atoms with van der Waals surface area (Å²) in [6, 6.07) is 5.59. The zero-order valence-electron chi connectivity index (χ0n) is 8.36. The van der Waals surface area contributed by atoms with E-state index in [0.717, 1.165) is 21.2 Å². The van der Waals surface area contributed by atoms with Crippen molar-refractivity contribution in [2.45, 2.75) is 12.5 Å². The summed E-state index contributed by atoms with van der Waals surface area (Å²) in [6.45, 7) is 0. The van der Waals surface area contributed by atoms with Gasteiger partial charge in [-0.3, -0.25) is 4.98 Å². The van der Waals surface area contributed by atoms with Crippen LogP contribution in [0.15, 0.2) is 30.6 Å². The summed E-state index contributed by atoms with van der Waals surface area (Å²) in [5.74, 6) is 0. The van der Waals surface area contributed by atoms with E-state index < -0.39 is 0 Å². The second-order valence-corrected chi connectivity index (χ2v) is 5.62. The maximum absolute atomic E-state index is 6.09. The van der Waals surface area contributed by atoms with E-state index in [1.807, 2.05) is 18.2 Å². The Labute approximate surface area is 108 Å². The number of halogens is 2. The topological polar surface area (TPSA) is 38.9 Å². The van der Waals surface area contributed by atoms with Crippen LogP contribution in [0.3, 0.4) is 0 Å². The van der Waals surface area contributed by atoms with Gasteiger partial charge in [-0.25, -0.2) is 0 Å². The minimum absolute atomic E-state index is 0.120. The molecular formula is C11H10Cl2N2S. The van der Waals surface area contributed by atoms with Crippen LogP contribution < -0.4 is 5.73 Å². The molecule has 0 bridgehead atoms. The van der Waals surface area contributed by atoms with Gasteiger partial charge < -0.3 is 5.73 Å². The molecule has 1 atom stereocenters. The Morgan fingerprint density at radius 3 is 2.75 bits per heavy atom. The van der Waals surface area contributed by atoms with E-state index in [1.54, 1.807) is 23.7 Å². The number of hydrogen-bond donors (Lipinski definition) is 1. The van der Waals surface area contributed by atoms with Crippen molar-refractivity contribution in [2.75, 3.05) is 0 Å². The molecule has 0 spiro atoms. The second kappa shape index (κ2) is 5.15. The monoisotopic (exact) mass is 272 g/mol. The third-order valence-corrected chi connectivity index (χ3v) is 3.82. The molecule has 0 aromatic carbocycles. The fourth-order valence-electron chi connectivity index (χ4n) is 1.47. The summed E-state index contributed by atoms with van der Waals surface area (Å²) in [7, 11) is 0. The highest BCUT2D eigenvalue weighted by Gasteiger charge is 2.11. The summed E-state index contributed by atoms with van der Waals surface area (Å²) in [4.78, 5) is 5.09. The molecule has 2 N–H and O–H groups in total. The number of nitrogens with two attached hydrogens (primary N) is 1. The summed E-state index contributed by atoms with van der Waals surface area (Å²) >= 11 is 13.4. The third kappa shape index (κ3) is 2.74. The molecule has 0 fully saturated rings. The number of pyridine rings is 1. The van der Waals surface area contributed by atoms with Crippen molar-refractivity contribution in [3.8, 4) is 0 Å². The molecule has 0 saturated heterocycles. The fourth-order valence-corrected chi connectivity index (χ4v) is 2.88. The lowest BCUT2D eigenvalue weighted by Gasteiger charge is -2.11. The average Bonchev–Trinajstić information content (AvgIpc) is 2.64. The molecule has 2 nitrogen and oxygen atoms in total. The summed E-state index contributed by atoms with van der Waals surface area (Å²) < 4.78 is 0.781. The molecule has 5 heteroatoms. The molecule has 2 heterocycles. The van der Waals surface area contributed by atoms with Gasteiger partial charge in [-0.2, -0.15) is 0 Å². The molecule has 0 radical (unpaired) electrons. The number of thiophene rings is 1. The zero-order valence-corrected chi connectivity index (χ0v) is 10.7. The highest BCUT2D eigenvalue weighted by molar-refractivity contribution is 7.16. The highest BCUT2D eigenvalue weighted by atomic mass is 35.5. The van der Waals surface area contributed by atoms with Crippen LogP contribution in [0.2, 0.25) is 9.36 Å². The molecule has 84 valence electrons. The van der Waals surface area contributed by atoms with E-state index in [-0.39, 0.29) is 6.04 Å². The van der Waals surface area contributed by atoms with Crippen LogP contribution in [-0.2, 0) is 6.42 Å². The smallest absolute Gasteiger partial charge is 0.0931 e. The second-order valence-electron chi connectivity index (χ2n) is 3.41. The Balaban J connectivity index is 2.14. The van der Waals surface area contributed by atoms with E-state index in [2.05, 4.69) is 4.98 Å². The van der Waals surface area contributed by atoms with Crippen molar-refractivity contribution >= 4 is 34.5 Å². The Morgan fingerprint density at radius 1 is 1.31 bits per heavy atom. The van der Waals surface area contributed by atoms with Crippen LogP contribution in [0.1, 0.15) is 16.5 Å². The molecule has 0 aliphatic carbocycles. The Hall–Kier alpha value is -0.610. The average molecular weight is 273 g/mol. The molecule has 2 rings (SSSR count). The molecule has 2 aromatic rings. The first-order chi connectivity index (χ1) is 7.66. The maximum Gasteiger partial charge on any atom is 0.0931 e. The summed E-state index contributed by atoms with van der Waals surface area (Å²) in [5, 5.41) is 0.609.